The average molecular weight is 282 g/mol. The molecule has 2 aromatic heterocycles. The number of carbonyl (C=O) groups is 1. The summed E-state index contributed by atoms with van der Waals surface area (Å²) in [5, 5.41) is 6.27. The number of nitrogens with one attached hydrogen (secondary N) is 1. The van der Waals surface area contributed by atoms with E-state index in [4.69, 9.17) is 4.52 Å². The van der Waals surface area contributed by atoms with Crippen LogP contribution in [0.4, 0.5) is 5.82 Å². The van der Waals surface area contributed by atoms with Crippen LogP contribution in [-0.4, -0.2) is 16.0 Å². The van der Waals surface area contributed by atoms with Crippen LogP contribution in [0.5, 0.6) is 0 Å². The van der Waals surface area contributed by atoms with Gasteiger partial charge in [0.1, 0.15) is 10.4 Å². The summed E-state index contributed by atoms with van der Waals surface area (Å²) < 4.78 is 5.33. The zero-order chi connectivity index (χ0) is 11.5. The number of hydrogen-bond donors (Lipinski definition) is 1. The molecule has 2 heterocycles. The van der Waals surface area contributed by atoms with Crippen molar-refractivity contribution in [2.45, 2.75) is 6.92 Å². The maximum atomic E-state index is 11.8. The van der Waals surface area contributed by atoms with Crippen molar-refractivity contribution in [1.29, 1.82) is 0 Å². The van der Waals surface area contributed by atoms with E-state index in [9.17, 15) is 4.79 Å². The van der Waals surface area contributed by atoms with Gasteiger partial charge >= 0.3 is 0 Å². The van der Waals surface area contributed by atoms with Crippen molar-refractivity contribution in [3.63, 3.8) is 0 Å². The Kier molecular flexibility index (Phi) is 3.00. The lowest BCUT2D eigenvalue weighted by Gasteiger charge is -2.02. The van der Waals surface area contributed by atoms with Crippen molar-refractivity contribution in [1.82, 2.24) is 10.1 Å². The van der Waals surface area contributed by atoms with Gasteiger partial charge in [0.2, 0.25) is 0 Å². The van der Waals surface area contributed by atoms with Gasteiger partial charge in [-0.15, -0.1) is 0 Å². The van der Waals surface area contributed by atoms with Gasteiger partial charge in [-0.2, -0.15) is 0 Å². The number of hydrogen-bond acceptors (Lipinski definition) is 4. The Labute approximate surface area is 100.0 Å². The summed E-state index contributed by atoms with van der Waals surface area (Å²) in [7, 11) is 0. The third-order valence-corrected chi connectivity index (χ3v) is 2.51. The predicted molar refractivity (Wildman–Crippen MR) is 61.1 cm³/mol. The molecule has 0 radical (unpaired) electrons. The van der Waals surface area contributed by atoms with E-state index >= 15 is 0 Å². The lowest BCUT2D eigenvalue weighted by Crippen LogP contribution is -2.13. The number of rotatable bonds is 2. The molecule has 0 aliphatic heterocycles. The van der Waals surface area contributed by atoms with E-state index in [-0.39, 0.29) is 5.91 Å². The van der Waals surface area contributed by atoms with Gasteiger partial charge in [0.15, 0.2) is 5.82 Å². The first-order chi connectivity index (χ1) is 7.66. The van der Waals surface area contributed by atoms with Gasteiger partial charge in [0.05, 0.1) is 5.56 Å². The second-order valence-corrected chi connectivity index (χ2v) is 3.87. The van der Waals surface area contributed by atoms with Crippen LogP contribution in [0.1, 0.15) is 16.1 Å². The van der Waals surface area contributed by atoms with Gasteiger partial charge in [0.25, 0.3) is 5.91 Å². The van der Waals surface area contributed by atoms with E-state index < -0.39 is 0 Å². The van der Waals surface area contributed by atoms with Crippen molar-refractivity contribution in [3.8, 4) is 0 Å². The smallest absolute Gasteiger partial charge is 0.259 e. The number of aromatic nitrogens is 2. The maximum absolute atomic E-state index is 11.8. The summed E-state index contributed by atoms with van der Waals surface area (Å²) in [5.41, 5.74) is 0.447. The molecule has 16 heavy (non-hydrogen) atoms. The summed E-state index contributed by atoms with van der Waals surface area (Å²) in [6, 6.07) is 5.00. The fraction of sp³-hybridized carbons (Fsp3) is 0.100. The van der Waals surface area contributed by atoms with Crippen LogP contribution in [0.25, 0.3) is 0 Å². The zero-order valence-electron chi connectivity index (χ0n) is 8.40. The molecular formula is C10H8BrN3O2. The number of amides is 1. The molecule has 1 amide bonds. The highest BCUT2D eigenvalue weighted by molar-refractivity contribution is 9.10. The molecule has 2 rings (SSSR count). The molecule has 0 atom stereocenters. The van der Waals surface area contributed by atoms with Crippen LogP contribution in [0, 0.1) is 6.92 Å². The van der Waals surface area contributed by atoms with E-state index in [2.05, 4.69) is 31.4 Å². The Morgan fingerprint density at radius 1 is 1.56 bits per heavy atom. The molecule has 1 N–H and O–H groups in total. The van der Waals surface area contributed by atoms with Crippen LogP contribution in [-0.2, 0) is 0 Å². The van der Waals surface area contributed by atoms with E-state index in [0.717, 1.165) is 0 Å². The van der Waals surface area contributed by atoms with Gasteiger partial charge in [-0.3, -0.25) is 4.79 Å². The van der Waals surface area contributed by atoms with Gasteiger partial charge in [-0.1, -0.05) is 5.16 Å². The van der Waals surface area contributed by atoms with Crippen molar-refractivity contribution in [2.75, 3.05) is 5.32 Å². The largest absolute Gasteiger partial charge is 0.360 e. The van der Waals surface area contributed by atoms with Crippen LogP contribution in [0.2, 0.25) is 0 Å². The summed E-state index contributed by atoms with van der Waals surface area (Å²) in [6.07, 6.45) is 1.60. The second kappa shape index (κ2) is 4.44. The standard InChI is InChI=1S/C10H8BrN3O2/c1-6-5-8(14-16-6)13-10(15)7-3-2-4-12-9(7)11/h2-5H,1H3,(H,13,14,15). The summed E-state index contributed by atoms with van der Waals surface area (Å²) in [5.74, 6) is 0.743. The molecule has 0 unspecified atom stereocenters. The highest BCUT2D eigenvalue weighted by Gasteiger charge is 2.12. The molecule has 82 valence electrons. The molecule has 0 saturated heterocycles. The van der Waals surface area contributed by atoms with Gasteiger partial charge in [-0.05, 0) is 35.0 Å². The molecule has 0 aliphatic carbocycles. The first kappa shape index (κ1) is 10.8. The Bertz CT molecular complexity index is 524. The average Bonchev–Trinajstić information content (AvgIpc) is 2.64. The monoisotopic (exact) mass is 281 g/mol. The zero-order valence-corrected chi connectivity index (χ0v) is 9.98. The minimum atomic E-state index is -0.284. The van der Waals surface area contributed by atoms with E-state index in [0.29, 0.717) is 21.7 Å². The topological polar surface area (TPSA) is 68.0 Å². The number of halogens is 1. The molecule has 0 spiro atoms. The second-order valence-electron chi connectivity index (χ2n) is 3.12. The highest BCUT2D eigenvalue weighted by atomic mass is 79.9. The highest BCUT2D eigenvalue weighted by Crippen LogP contribution is 2.15. The summed E-state index contributed by atoms with van der Waals surface area (Å²) in [4.78, 5) is 15.7. The van der Waals surface area contributed by atoms with Gasteiger partial charge in [-0.25, -0.2) is 4.98 Å². The fourth-order valence-corrected chi connectivity index (χ4v) is 1.59. The number of pyridine rings is 1. The fourth-order valence-electron chi connectivity index (χ4n) is 1.16. The van der Waals surface area contributed by atoms with Crippen LogP contribution in [0.15, 0.2) is 33.5 Å². The third kappa shape index (κ3) is 2.27. The first-order valence-corrected chi connectivity index (χ1v) is 5.31. The van der Waals surface area contributed by atoms with Gasteiger partial charge < -0.3 is 9.84 Å². The Hall–Kier alpha value is -1.69. The van der Waals surface area contributed by atoms with Crippen LogP contribution >= 0.6 is 15.9 Å². The summed E-state index contributed by atoms with van der Waals surface area (Å²) in [6.45, 7) is 1.75. The lowest BCUT2D eigenvalue weighted by atomic mass is 10.3. The predicted octanol–water partition coefficient (Wildman–Crippen LogP) is 2.39. The molecule has 0 aliphatic rings. The minimum absolute atomic E-state index is 0.284. The molecular weight excluding hydrogens is 274 g/mol. The van der Waals surface area contributed by atoms with Crippen LogP contribution in [0.3, 0.4) is 0 Å². The molecule has 0 aromatic carbocycles. The van der Waals surface area contributed by atoms with E-state index in [1.165, 1.54) is 0 Å². The molecule has 5 nitrogen and oxygen atoms in total. The Morgan fingerprint density at radius 3 is 3.00 bits per heavy atom. The van der Waals surface area contributed by atoms with E-state index in [1.54, 1.807) is 31.3 Å². The molecule has 0 saturated carbocycles. The van der Waals surface area contributed by atoms with Gasteiger partial charge in [0, 0.05) is 12.3 Å². The number of anilines is 1. The van der Waals surface area contributed by atoms with Crippen LogP contribution < -0.4 is 5.32 Å². The number of carbonyl (C=O) groups excluding carboxylic acids is 1. The van der Waals surface area contributed by atoms with Crippen molar-refractivity contribution in [2.24, 2.45) is 0 Å². The quantitative estimate of drug-likeness (QED) is 0.859. The van der Waals surface area contributed by atoms with Crippen molar-refractivity contribution in [3.05, 3.63) is 40.3 Å². The minimum Gasteiger partial charge on any atom is -0.360 e. The Balaban J connectivity index is 2.18. The normalized spacial score (nSPS) is 10.1. The Morgan fingerprint density at radius 2 is 2.38 bits per heavy atom. The SMILES string of the molecule is Cc1cc(NC(=O)c2cccnc2Br)no1. The molecule has 0 fully saturated rings. The van der Waals surface area contributed by atoms with Crippen molar-refractivity contribution >= 4 is 27.7 Å². The lowest BCUT2D eigenvalue weighted by molar-refractivity contribution is 0.102. The van der Waals surface area contributed by atoms with Crippen molar-refractivity contribution < 1.29 is 9.32 Å². The number of aryl methyl sites for hydroxylation is 1. The van der Waals surface area contributed by atoms with E-state index in [1.807, 2.05) is 0 Å². The number of nitrogens with zero attached hydrogens (tertiary/aromatic N) is 2. The maximum Gasteiger partial charge on any atom is 0.259 e. The first-order valence-electron chi connectivity index (χ1n) is 4.52. The molecule has 2 aromatic rings. The third-order valence-electron chi connectivity index (χ3n) is 1.87. The summed E-state index contributed by atoms with van der Waals surface area (Å²) >= 11 is 3.20. The molecule has 6 heteroatoms. The molecule has 0 bridgehead atoms.